The van der Waals surface area contributed by atoms with Crippen molar-refractivity contribution in [2.45, 2.75) is 5.60 Å². The lowest BCUT2D eigenvalue weighted by Gasteiger charge is -2.37. The number of halogens is 1. The second kappa shape index (κ2) is 3.94. The number of aromatic nitrogens is 3. The minimum Gasteiger partial charge on any atom is -0.385 e. The average Bonchev–Trinajstić information content (AvgIpc) is 2.68. The van der Waals surface area contributed by atoms with E-state index in [1.54, 1.807) is 4.52 Å². The third-order valence-electron chi connectivity index (χ3n) is 2.80. The second-order valence-corrected chi connectivity index (χ2v) is 5.10. The molecule has 2 aromatic heterocycles. The monoisotopic (exact) mass is 297 g/mol. The Morgan fingerprint density at radius 3 is 3.06 bits per heavy atom. The molecule has 0 unspecified atom stereocenters. The first-order valence-corrected chi connectivity index (χ1v) is 6.13. The van der Waals surface area contributed by atoms with Crippen LogP contribution in [0.15, 0.2) is 22.8 Å². The van der Waals surface area contributed by atoms with E-state index in [1.165, 1.54) is 0 Å². The first kappa shape index (κ1) is 10.9. The van der Waals surface area contributed by atoms with Crippen LogP contribution < -0.4 is 10.6 Å². The fraction of sp³-hybridized carbons (Fsp3) is 0.400. The van der Waals surface area contributed by atoms with Crippen molar-refractivity contribution in [3.8, 4) is 0 Å². The summed E-state index contributed by atoms with van der Waals surface area (Å²) in [5, 5.41) is 20.3. The largest absolute Gasteiger partial charge is 0.385 e. The summed E-state index contributed by atoms with van der Waals surface area (Å²) in [6.45, 7) is 1.67. The first-order valence-electron chi connectivity index (χ1n) is 5.34. The maximum absolute atomic E-state index is 9.90. The van der Waals surface area contributed by atoms with Gasteiger partial charge in [-0.2, -0.15) is 4.98 Å². The second-order valence-electron chi connectivity index (χ2n) is 4.24. The zero-order valence-electron chi connectivity index (χ0n) is 9.02. The number of anilines is 1. The topological polar surface area (TPSA) is 74.5 Å². The standard InChI is InChI=1S/C10H12BrN5O/c11-7-2-1-3-16-8(7)14-9(15-16)13-6-10(17)4-12-5-10/h1-3,12,17H,4-6H2,(H,13,15). The van der Waals surface area contributed by atoms with Gasteiger partial charge in [0.25, 0.3) is 0 Å². The van der Waals surface area contributed by atoms with Crippen molar-refractivity contribution >= 4 is 27.5 Å². The molecule has 3 N–H and O–H groups in total. The van der Waals surface area contributed by atoms with Gasteiger partial charge < -0.3 is 15.7 Å². The summed E-state index contributed by atoms with van der Waals surface area (Å²) in [6.07, 6.45) is 1.83. The molecular formula is C10H12BrN5O. The van der Waals surface area contributed by atoms with Crippen molar-refractivity contribution in [3.63, 3.8) is 0 Å². The summed E-state index contributed by atoms with van der Waals surface area (Å²) in [5.74, 6) is 0.525. The minimum absolute atomic E-state index is 0.453. The molecule has 0 spiro atoms. The Bertz CT molecular complexity index is 551. The molecular weight excluding hydrogens is 286 g/mol. The van der Waals surface area contributed by atoms with Gasteiger partial charge in [-0.15, -0.1) is 5.10 Å². The van der Waals surface area contributed by atoms with Crippen molar-refractivity contribution in [2.24, 2.45) is 0 Å². The molecule has 17 heavy (non-hydrogen) atoms. The molecule has 0 aromatic carbocycles. The van der Waals surface area contributed by atoms with E-state index in [0.717, 1.165) is 10.1 Å². The van der Waals surface area contributed by atoms with E-state index in [4.69, 9.17) is 0 Å². The number of nitrogens with zero attached hydrogens (tertiary/aromatic N) is 3. The first-order chi connectivity index (χ1) is 8.16. The van der Waals surface area contributed by atoms with Gasteiger partial charge in [0.2, 0.25) is 5.95 Å². The number of pyridine rings is 1. The van der Waals surface area contributed by atoms with Gasteiger partial charge in [0.05, 0.1) is 4.47 Å². The van der Waals surface area contributed by atoms with E-state index in [-0.39, 0.29) is 0 Å². The van der Waals surface area contributed by atoms with E-state index < -0.39 is 5.60 Å². The van der Waals surface area contributed by atoms with Crippen LogP contribution in [0.2, 0.25) is 0 Å². The Morgan fingerprint density at radius 2 is 2.41 bits per heavy atom. The van der Waals surface area contributed by atoms with Crippen LogP contribution in [0.5, 0.6) is 0 Å². The van der Waals surface area contributed by atoms with Crippen LogP contribution in [-0.2, 0) is 0 Å². The quantitative estimate of drug-likeness (QED) is 0.757. The van der Waals surface area contributed by atoms with Crippen molar-refractivity contribution in [3.05, 3.63) is 22.8 Å². The van der Waals surface area contributed by atoms with E-state index in [2.05, 4.69) is 36.6 Å². The zero-order chi connectivity index (χ0) is 11.9. The van der Waals surface area contributed by atoms with Gasteiger partial charge in [0.1, 0.15) is 5.60 Å². The molecule has 90 valence electrons. The number of hydrogen-bond donors (Lipinski definition) is 3. The fourth-order valence-corrected chi connectivity index (χ4v) is 2.15. The lowest BCUT2D eigenvalue weighted by atomic mass is 9.98. The predicted molar refractivity (Wildman–Crippen MR) is 67.0 cm³/mol. The molecule has 0 bridgehead atoms. The molecule has 1 fully saturated rings. The van der Waals surface area contributed by atoms with Crippen LogP contribution in [0.1, 0.15) is 0 Å². The molecule has 1 aliphatic rings. The molecule has 3 rings (SSSR count). The number of rotatable bonds is 3. The van der Waals surface area contributed by atoms with E-state index in [0.29, 0.717) is 25.6 Å². The molecule has 2 aromatic rings. The average molecular weight is 298 g/mol. The normalized spacial score (nSPS) is 18.0. The Kier molecular flexibility index (Phi) is 2.53. The van der Waals surface area contributed by atoms with E-state index in [9.17, 15) is 5.11 Å². The maximum Gasteiger partial charge on any atom is 0.243 e. The number of nitrogens with one attached hydrogen (secondary N) is 2. The van der Waals surface area contributed by atoms with Gasteiger partial charge in [0, 0.05) is 25.8 Å². The van der Waals surface area contributed by atoms with Gasteiger partial charge in [-0.05, 0) is 28.1 Å². The smallest absolute Gasteiger partial charge is 0.243 e. The third kappa shape index (κ3) is 2.01. The molecule has 0 atom stereocenters. The number of hydrogen-bond acceptors (Lipinski definition) is 5. The maximum atomic E-state index is 9.90. The van der Waals surface area contributed by atoms with Gasteiger partial charge >= 0.3 is 0 Å². The van der Waals surface area contributed by atoms with Crippen LogP contribution in [-0.4, -0.2) is 44.9 Å². The number of β-amino-alcohol motifs (C(OH)–C–C–N with tert-alkyl or cyclic N) is 1. The summed E-state index contributed by atoms with van der Waals surface area (Å²) in [4.78, 5) is 4.34. The highest BCUT2D eigenvalue weighted by Gasteiger charge is 2.34. The van der Waals surface area contributed by atoms with Crippen LogP contribution in [0, 0.1) is 0 Å². The zero-order valence-corrected chi connectivity index (χ0v) is 10.6. The van der Waals surface area contributed by atoms with E-state index >= 15 is 0 Å². The highest BCUT2D eigenvalue weighted by Crippen LogP contribution is 2.17. The van der Waals surface area contributed by atoms with Crippen molar-refractivity contribution in [1.29, 1.82) is 0 Å². The van der Waals surface area contributed by atoms with Crippen LogP contribution in [0.4, 0.5) is 5.95 Å². The lowest BCUT2D eigenvalue weighted by Crippen LogP contribution is -2.63. The van der Waals surface area contributed by atoms with E-state index in [1.807, 2.05) is 18.3 Å². The van der Waals surface area contributed by atoms with Crippen molar-refractivity contribution < 1.29 is 5.11 Å². The van der Waals surface area contributed by atoms with Gasteiger partial charge in [0.15, 0.2) is 5.65 Å². The summed E-state index contributed by atoms with van der Waals surface area (Å²) in [6, 6.07) is 3.80. The van der Waals surface area contributed by atoms with Gasteiger partial charge in [-0.3, -0.25) is 0 Å². The van der Waals surface area contributed by atoms with Crippen LogP contribution in [0.3, 0.4) is 0 Å². The van der Waals surface area contributed by atoms with Crippen molar-refractivity contribution in [1.82, 2.24) is 19.9 Å². The van der Waals surface area contributed by atoms with Gasteiger partial charge in [-0.1, -0.05) is 0 Å². The van der Waals surface area contributed by atoms with Gasteiger partial charge in [-0.25, -0.2) is 4.52 Å². The predicted octanol–water partition coefficient (Wildman–Crippen LogP) is 0.238. The summed E-state index contributed by atoms with van der Waals surface area (Å²) in [5.41, 5.74) is 0.0862. The lowest BCUT2D eigenvalue weighted by molar-refractivity contribution is 0.00299. The van der Waals surface area contributed by atoms with Crippen molar-refractivity contribution in [2.75, 3.05) is 25.0 Å². The highest BCUT2D eigenvalue weighted by atomic mass is 79.9. The molecule has 1 aliphatic heterocycles. The third-order valence-corrected chi connectivity index (χ3v) is 3.42. The highest BCUT2D eigenvalue weighted by molar-refractivity contribution is 9.10. The summed E-state index contributed by atoms with van der Waals surface area (Å²) < 4.78 is 2.58. The Morgan fingerprint density at radius 1 is 1.59 bits per heavy atom. The molecule has 0 aliphatic carbocycles. The van der Waals surface area contributed by atoms with Crippen LogP contribution >= 0.6 is 15.9 Å². The minimum atomic E-state index is -0.672. The number of fused-ring (bicyclic) bond motifs is 1. The molecule has 1 saturated heterocycles. The molecule has 0 radical (unpaired) electrons. The SMILES string of the molecule is OC1(CNc2nc3c(Br)cccn3n2)CNC1. The Hall–Kier alpha value is -1.18. The summed E-state index contributed by atoms with van der Waals surface area (Å²) in [7, 11) is 0. The summed E-state index contributed by atoms with van der Waals surface area (Å²) >= 11 is 3.42. The number of aliphatic hydroxyl groups is 1. The Labute approximate surface area is 106 Å². The fourth-order valence-electron chi connectivity index (χ4n) is 1.73. The molecule has 0 amide bonds. The molecule has 0 saturated carbocycles. The Balaban J connectivity index is 1.79. The molecule has 3 heterocycles. The van der Waals surface area contributed by atoms with Crippen LogP contribution in [0.25, 0.3) is 5.65 Å². The molecule has 6 nitrogen and oxygen atoms in total. The molecule has 7 heteroatoms.